The highest BCUT2D eigenvalue weighted by Gasteiger charge is 2.12. The molecule has 112 valence electrons. The number of ether oxygens (including phenoxy) is 2. The number of rotatable bonds is 11. The maximum Gasteiger partial charge on any atom is 0.305 e. The van der Waals surface area contributed by atoms with Crippen molar-refractivity contribution in [2.24, 2.45) is 0 Å². The molecule has 0 aromatic carbocycles. The summed E-state index contributed by atoms with van der Waals surface area (Å²) in [5.74, 6) is -0.388. The molecule has 0 saturated heterocycles. The normalized spacial score (nSPS) is 11.9. The second kappa shape index (κ2) is 12.0. The van der Waals surface area contributed by atoms with Crippen LogP contribution in [0.2, 0.25) is 0 Å². The summed E-state index contributed by atoms with van der Waals surface area (Å²) in [4.78, 5) is 22.0. The summed E-state index contributed by atoms with van der Waals surface area (Å²) in [5, 5.41) is 0. The fourth-order valence-corrected chi connectivity index (χ4v) is 2.04. The summed E-state index contributed by atoms with van der Waals surface area (Å²) >= 11 is 0. The Bertz CT molecular complexity index is 251. The van der Waals surface area contributed by atoms with Crippen molar-refractivity contribution in [2.45, 2.75) is 77.7 Å². The first-order valence-corrected chi connectivity index (χ1v) is 7.34. The molecule has 0 rings (SSSR count). The van der Waals surface area contributed by atoms with Gasteiger partial charge in [-0.05, 0) is 32.1 Å². The van der Waals surface area contributed by atoms with Crippen LogP contribution < -0.4 is 0 Å². The van der Waals surface area contributed by atoms with Crippen molar-refractivity contribution in [1.29, 1.82) is 0 Å². The van der Waals surface area contributed by atoms with Crippen LogP contribution in [0.4, 0.5) is 0 Å². The molecule has 0 spiro atoms. The highest BCUT2D eigenvalue weighted by Crippen LogP contribution is 2.15. The van der Waals surface area contributed by atoms with Crippen LogP contribution in [0.15, 0.2) is 0 Å². The first kappa shape index (κ1) is 17.9. The number of carbonyl (C=O) groups excluding carboxylic acids is 2. The number of unbranched alkanes of at least 4 members (excludes halogenated alkanes) is 4. The zero-order chi connectivity index (χ0) is 14.5. The van der Waals surface area contributed by atoms with Gasteiger partial charge in [0.15, 0.2) is 0 Å². The van der Waals surface area contributed by atoms with Gasteiger partial charge < -0.3 is 9.47 Å². The second-order valence-corrected chi connectivity index (χ2v) is 4.90. The maximum absolute atomic E-state index is 11.0. The predicted octanol–water partition coefficient (Wildman–Crippen LogP) is 3.62. The van der Waals surface area contributed by atoms with Gasteiger partial charge in [-0.15, -0.1) is 0 Å². The van der Waals surface area contributed by atoms with Gasteiger partial charge in [0.2, 0.25) is 0 Å². The van der Waals surface area contributed by atoms with Gasteiger partial charge in [0.25, 0.3) is 0 Å². The van der Waals surface area contributed by atoms with Gasteiger partial charge in [-0.25, -0.2) is 0 Å². The monoisotopic (exact) mass is 272 g/mol. The summed E-state index contributed by atoms with van der Waals surface area (Å²) in [6, 6.07) is 0. The van der Waals surface area contributed by atoms with E-state index < -0.39 is 0 Å². The van der Waals surface area contributed by atoms with Gasteiger partial charge >= 0.3 is 11.9 Å². The van der Waals surface area contributed by atoms with E-state index in [4.69, 9.17) is 4.74 Å². The molecule has 0 amide bonds. The first-order chi connectivity index (χ1) is 9.10. The Kier molecular flexibility index (Phi) is 11.3. The molecule has 0 aliphatic rings. The van der Waals surface area contributed by atoms with Crippen LogP contribution in [-0.4, -0.2) is 25.2 Å². The lowest BCUT2D eigenvalue weighted by Gasteiger charge is -2.16. The SMILES string of the molecule is CCCCCC[C@@H](CCCCC(=O)OC)OC(C)=O. The van der Waals surface area contributed by atoms with E-state index in [-0.39, 0.29) is 18.0 Å². The van der Waals surface area contributed by atoms with Gasteiger partial charge in [-0.2, -0.15) is 0 Å². The second-order valence-electron chi connectivity index (χ2n) is 4.90. The van der Waals surface area contributed by atoms with E-state index in [1.165, 1.54) is 33.3 Å². The van der Waals surface area contributed by atoms with E-state index in [1.807, 2.05) is 0 Å². The van der Waals surface area contributed by atoms with E-state index in [2.05, 4.69) is 11.7 Å². The average Bonchev–Trinajstić information content (AvgIpc) is 2.38. The zero-order valence-corrected chi connectivity index (χ0v) is 12.6. The minimum absolute atomic E-state index is 0.00648. The summed E-state index contributed by atoms with van der Waals surface area (Å²) in [5.41, 5.74) is 0. The van der Waals surface area contributed by atoms with Gasteiger partial charge in [0.1, 0.15) is 6.10 Å². The van der Waals surface area contributed by atoms with Crippen LogP contribution in [0.3, 0.4) is 0 Å². The molecule has 19 heavy (non-hydrogen) atoms. The third kappa shape index (κ3) is 11.7. The highest BCUT2D eigenvalue weighted by atomic mass is 16.5. The highest BCUT2D eigenvalue weighted by molar-refractivity contribution is 5.69. The summed E-state index contributed by atoms with van der Waals surface area (Å²) in [6.07, 6.45) is 8.62. The van der Waals surface area contributed by atoms with Crippen molar-refractivity contribution in [3.05, 3.63) is 0 Å². The van der Waals surface area contributed by atoms with E-state index in [0.29, 0.717) is 6.42 Å². The molecule has 0 heterocycles. The first-order valence-electron chi connectivity index (χ1n) is 7.34. The molecule has 4 nitrogen and oxygen atoms in total. The zero-order valence-electron chi connectivity index (χ0n) is 12.6. The number of hydrogen-bond acceptors (Lipinski definition) is 4. The van der Waals surface area contributed by atoms with Crippen LogP contribution in [-0.2, 0) is 19.1 Å². The number of esters is 2. The molecule has 0 aliphatic carbocycles. The van der Waals surface area contributed by atoms with Gasteiger partial charge in [0, 0.05) is 13.3 Å². The topological polar surface area (TPSA) is 52.6 Å². The Morgan fingerprint density at radius 3 is 2.16 bits per heavy atom. The summed E-state index contributed by atoms with van der Waals surface area (Å²) in [7, 11) is 1.40. The van der Waals surface area contributed by atoms with E-state index in [9.17, 15) is 9.59 Å². The lowest BCUT2D eigenvalue weighted by atomic mass is 10.0. The smallest absolute Gasteiger partial charge is 0.305 e. The maximum atomic E-state index is 11.0. The Labute approximate surface area is 116 Å². The summed E-state index contributed by atoms with van der Waals surface area (Å²) in [6.45, 7) is 3.63. The van der Waals surface area contributed by atoms with E-state index >= 15 is 0 Å². The Balaban J connectivity index is 3.79. The van der Waals surface area contributed by atoms with Crippen molar-refractivity contribution >= 4 is 11.9 Å². The largest absolute Gasteiger partial charge is 0.469 e. The average molecular weight is 272 g/mol. The number of hydrogen-bond donors (Lipinski definition) is 0. The van der Waals surface area contributed by atoms with Crippen LogP contribution >= 0.6 is 0 Å². The van der Waals surface area contributed by atoms with Crippen molar-refractivity contribution in [3.8, 4) is 0 Å². The molecular formula is C15H28O4. The van der Waals surface area contributed by atoms with Gasteiger partial charge in [-0.3, -0.25) is 9.59 Å². The van der Waals surface area contributed by atoms with Gasteiger partial charge in [0.05, 0.1) is 7.11 Å². The molecule has 4 heteroatoms. The molecule has 0 aromatic heterocycles. The van der Waals surface area contributed by atoms with Crippen LogP contribution in [0.25, 0.3) is 0 Å². The van der Waals surface area contributed by atoms with Crippen molar-refractivity contribution in [2.75, 3.05) is 7.11 Å². The Morgan fingerprint density at radius 1 is 1.00 bits per heavy atom. The quantitative estimate of drug-likeness (QED) is 0.426. The summed E-state index contributed by atoms with van der Waals surface area (Å²) < 4.78 is 9.90. The van der Waals surface area contributed by atoms with E-state index in [0.717, 1.165) is 32.1 Å². The number of methoxy groups -OCH3 is 1. The molecule has 0 N–H and O–H groups in total. The molecule has 0 bridgehead atoms. The minimum Gasteiger partial charge on any atom is -0.469 e. The minimum atomic E-state index is -0.214. The predicted molar refractivity (Wildman–Crippen MR) is 74.8 cm³/mol. The lowest BCUT2D eigenvalue weighted by Crippen LogP contribution is -2.16. The third-order valence-electron chi connectivity index (χ3n) is 3.10. The molecule has 0 aliphatic heterocycles. The fraction of sp³-hybridized carbons (Fsp3) is 0.867. The molecule has 0 fully saturated rings. The van der Waals surface area contributed by atoms with Crippen molar-refractivity contribution in [1.82, 2.24) is 0 Å². The standard InChI is InChI=1S/C15H28O4/c1-4-5-6-7-10-14(19-13(2)16)11-8-9-12-15(17)18-3/h14H,4-12H2,1-3H3/t14-/m0/s1. The fourth-order valence-electron chi connectivity index (χ4n) is 2.04. The molecule has 0 aromatic rings. The van der Waals surface area contributed by atoms with Crippen LogP contribution in [0.1, 0.15) is 71.6 Å². The van der Waals surface area contributed by atoms with E-state index in [1.54, 1.807) is 0 Å². The van der Waals surface area contributed by atoms with Crippen LogP contribution in [0, 0.1) is 0 Å². The van der Waals surface area contributed by atoms with Crippen LogP contribution in [0.5, 0.6) is 0 Å². The Morgan fingerprint density at radius 2 is 1.63 bits per heavy atom. The molecule has 0 unspecified atom stereocenters. The Hall–Kier alpha value is -1.06. The number of carbonyl (C=O) groups is 2. The molecule has 0 radical (unpaired) electrons. The molecule has 0 saturated carbocycles. The van der Waals surface area contributed by atoms with Crippen molar-refractivity contribution in [3.63, 3.8) is 0 Å². The van der Waals surface area contributed by atoms with Crippen molar-refractivity contribution < 1.29 is 19.1 Å². The lowest BCUT2D eigenvalue weighted by molar-refractivity contribution is -0.147. The van der Waals surface area contributed by atoms with Gasteiger partial charge in [-0.1, -0.05) is 26.2 Å². The third-order valence-corrected chi connectivity index (χ3v) is 3.10. The molecule has 1 atom stereocenters. The molecular weight excluding hydrogens is 244 g/mol.